The first-order valence-corrected chi connectivity index (χ1v) is 6.85. The number of fused-ring (bicyclic) bond motifs is 1. The van der Waals surface area contributed by atoms with Crippen molar-refractivity contribution in [2.24, 2.45) is 5.92 Å². The zero-order valence-corrected chi connectivity index (χ0v) is 11.3. The van der Waals surface area contributed by atoms with E-state index in [0.717, 1.165) is 29.3 Å². The number of nitrogens with zero attached hydrogens (tertiary/aromatic N) is 2. The van der Waals surface area contributed by atoms with Crippen molar-refractivity contribution in [2.45, 2.75) is 32.2 Å². The molecule has 104 valence electrons. The maximum Gasteiger partial charge on any atom is 0.305 e. The maximum atomic E-state index is 11.0. The summed E-state index contributed by atoms with van der Waals surface area (Å²) in [6.07, 6.45) is 2.29. The highest BCUT2D eigenvalue weighted by Crippen LogP contribution is 2.36. The van der Waals surface area contributed by atoms with Crippen LogP contribution in [-0.4, -0.2) is 27.3 Å². The molecule has 1 atom stereocenters. The monoisotopic (exact) mass is 271 g/mol. The first-order chi connectivity index (χ1) is 9.65. The fourth-order valence-corrected chi connectivity index (χ4v) is 2.54. The molecule has 3 rings (SSSR count). The van der Waals surface area contributed by atoms with Gasteiger partial charge in [0.1, 0.15) is 0 Å². The highest BCUT2D eigenvalue weighted by molar-refractivity contribution is 5.93. The van der Waals surface area contributed by atoms with Gasteiger partial charge in [-0.3, -0.25) is 4.79 Å². The molecule has 0 amide bonds. The van der Waals surface area contributed by atoms with E-state index in [4.69, 9.17) is 5.11 Å². The second-order valence-corrected chi connectivity index (χ2v) is 5.37. The first-order valence-electron chi connectivity index (χ1n) is 6.85. The lowest BCUT2D eigenvalue weighted by molar-refractivity contribution is -0.137. The molecule has 1 unspecified atom stereocenters. The third-order valence-corrected chi connectivity index (χ3v) is 3.78. The second-order valence-electron chi connectivity index (χ2n) is 5.37. The maximum absolute atomic E-state index is 11.0. The number of aromatic nitrogens is 2. The molecule has 0 radical (unpaired) electrons. The molecule has 1 fully saturated rings. The van der Waals surface area contributed by atoms with Gasteiger partial charge in [-0.15, -0.1) is 5.10 Å². The molecule has 1 saturated carbocycles. The van der Waals surface area contributed by atoms with Crippen molar-refractivity contribution in [3.63, 3.8) is 0 Å². The Kier molecular flexibility index (Phi) is 3.26. The molecule has 20 heavy (non-hydrogen) atoms. The van der Waals surface area contributed by atoms with Crippen molar-refractivity contribution in [1.29, 1.82) is 0 Å². The van der Waals surface area contributed by atoms with Crippen molar-refractivity contribution in [3.05, 3.63) is 30.0 Å². The average Bonchev–Trinajstić information content (AvgIpc) is 3.25. The normalized spacial score (nSPS) is 16.1. The lowest BCUT2D eigenvalue weighted by atomic mass is 10.1. The number of carboxylic acids is 1. The number of hydrogen-bond donors (Lipinski definition) is 2. The fourth-order valence-electron chi connectivity index (χ4n) is 2.54. The molecule has 0 bridgehead atoms. The number of rotatable bonds is 5. The molecule has 1 aliphatic carbocycles. The fraction of sp³-hybridized carbons (Fsp3) is 0.400. The lowest BCUT2D eigenvalue weighted by Gasteiger charge is -2.18. The van der Waals surface area contributed by atoms with E-state index >= 15 is 0 Å². The number of hydrogen-bond acceptors (Lipinski definition) is 4. The van der Waals surface area contributed by atoms with Crippen LogP contribution in [0.3, 0.4) is 0 Å². The standard InChI is InChI=1S/C15H17N3O2/c1-9-11-4-2-3-5-12(11)15(18-17-9)16-13(8-14(19)20)10-6-7-10/h2-5,10,13H,6-8H2,1H3,(H,16,18)(H,19,20). The van der Waals surface area contributed by atoms with E-state index in [0.29, 0.717) is 11.7 Å². The smallest absolute Gasteiger partial charge is 0.305 e. The predicted molar refractivity (Wildman–Crippen MR) is 76.7 cm³/mol. The number of nitrogens with one attached hydrogen (secondary N) is 1. The van der Waals surface area contributed by atoms with Gasteiger partial charge in [-0.1, -0.05) is 24.3 Å². The van der Waals surface area contributed by atoms with E-state index in [1.54, 1.807) is 0 Å². The molecule has 0 aliphatic heterocycles. The molecule has 1 aromatic heterocycles. The summed E-state index contributed by atoms with van der Waals surface area (Å²) in [6.45, 7) is 1.93. The molecule has 5 heteroatoms. The summed E-state index contributed by atoms with van der Waals surface area (Å²) >= 11 is 0. The van der Waals surface area contributed by atoms with Crippen molar-refractivity contribution in [3.8, 4) is 0 Å². The third-order valence-electron chi connectivity index (χ3n) is 3.78. The number of carboxylic acid groups (broad SMARTS) is 1. The van der Waals surface area contributed by atoms with E-state index in [1.807, 2.05) is 31.2 Å². The number of carbonyl (C=O) groups is 1. The van der Waals surface area contributed by atoms with E-state index in [1.165, 1.54) is 0 Å². The van der Waals surface area contributed by atoms with Crippen molar-refractivity contribution >= 4 is 22.6 Å². The highest BCUT2D eigenvalue weighted by atomic mass is 16.4. The molecule has 1 aromatic carbocycles. The quantitative estimate of drug-likeness (QED) is 0.874. The van der Waals surface area contributed by atoms with Crippen LogP contribution >= 0.6 is 0 Å². The lowest BCUT2D eigenvalue weighted by Crippen LogP contribution is -2.26. The summed E-state index contributed by atoms with van der Waals surface area (Å²) in [6, 6.07) is 7.86. The second kappa shape index (κ2) is 5.07. The first kappa shape index (κ1) is 12.8. The third kappa shape index (κ3) is 2.57. The summed E-state index contributed by atoms with van der Waals surface area (Å²) in [5.41, 5.74) is 0.882. The van der Waals surface area contributed by atoms with Crippen LogP contribution in [-0.2, 0) is 4.79 Å². The van der Waals surface area contributed by atoms with Crippen LogP contribution in [0.1, 0.15) is 25.0 Å². The van der Waals surface area contributed by atoms with Gasteiger partial charge in [0.05, 0.1) is 12.1 Å². The summed E-state index contributed by atoms with van der Waals surface area (Å²) in [5.74, 6) is 0.344. The molecule has 5 nitrogen and oxygen atoms in total. The van der Waals surface area contributed by atoms with Crippen LogP contribution in [0.25, 0.3) is 10.8 Å². The Morgan fingerprint density at radius 1 is 1.35 bits per heavy atom. The number of benzene rings is 1. The topological polar surface area (TPSA) is 75.1 Å². The molecular formula is C15H17N3O2. The van der Waals surface area contributed by atoms with Gasteiger partial charge in [0.2, 0.25) is 0 Å². The summed E-state index contributed by atoms with van der Waals surface area (Å²) in [4.78, 5) is 11.0. The summed E-state index contributed by atoms with van der Waals surface area (Å²) < 4.78 is 0. The molecule has 0 saturated heterocycles. The number of aliphatic carboxylic acids is 1. The van der Waals surface area contributed by atoms with Crippen molar-refractivity contribution in [1.82, 2.24) is 10.2 Å². The van der Waals surface area contributed by atoms with Crippen LogP contribution < -0.4 is 5.32 Å². The molecule has 0 spiro atoms. The highest BCUT2D eigenvalue weighted by Gasteiger charge is 2.33. The van der Waals surface area contributed by atoms with Gasteiger partial charge >= 0.3 is 5.97 Å². The Hall–Kier alpha value is -2.17. The van der Waals surface area contributed by atoms with Crippen LogP contribution in [0.4, 0.5) is 5.82 Å². The SMILES string of the molecule is Cc1nnc(NC(CC(=O)O)C2CC2)c2ccccc12. The average molecular weight is 271 g/mol. The summed E-state index contributed by atoms with van der Waals surface area (Å²) in [7, 11) is 0. The molecule has 2 aromatic rings. The number of aryl methyl sites for hydroxylation is 1. The van der Waals surface area contributed by atoms with Crippen LogP contribution in [0, 0.1) is 12.8 Å². The minimum atomic E-state index is -0.779. The zero-order valence-electron chi connectivity index (χ0n) is 11.3. The van der Waals surface area contributed by atoms with Gasteiger partial charge in [-0.2, -0.15) is 5.10 Å². The van der Waals surface area contributed by atoms with Crippen LogP contribution in [0.15, 0.2) is 24.3 Å². The molecule has 2 N–H and O–H groups in total. The van der Waals surface area contributed by atoms with E-state index in [2.05, 4.69) is 15.5 Å². The van der Waals surface area contributed by atoms with Gasteiger partial charge in [0, 0.05) is 16.8 Å². The Morgan fingerprint density at radius 2 is 2.05 bits per heavy atom. The van der Waals surface area contributed by atoms with Crippen LogP contribution in [0.2, 0.25) is 0 Å². The van der Waals surface area contributed by atoms with Crippen LogP contribution in [0.5, 0.6) is 0 Å². The van der Waals surface area contributed by atoms with Gasteiger partial charge < -0.3 is 10.4 Å². The minimum absolute atomic E-state index is 0.0621. The molecule has 1 heterocycles. The summed E-state index contributed by atoms with van der Waals surface area (Å²) in [5, 5.41) is 22.7. The molecule has 1 aliphatic rings. The molecular weight excluding hydrogens is 254 g/mol. The van der Waals surface area contributed by atoms with E-state index < -0.39 is 5.97 Å². The van der Waals surface area contributed by atoms with Gasteiger partial charge in [-0.25, -0.2) is 0 Å². The Bertz CT molecular complexity index is 653. The predicted octanol–water partition coefficient (Wildman–Crippen LogP) is 2.60. The van der Waals surface area contributed by atoms with E-state index in [9.17, 15) is 4.79 Å². The van der Waals surface area contributed by atoms with Crippen molar-refractivity contribution in [2.75, 3.05) is 5.32 Å². The van der Waals surface area contributed by atoms with E-state index in [-0.39, 0.29) is 12.5 Å². The Balaban J connectivity index is 1.93. The van der Waals surface area contributed by atoms with Gasteiger partial charge in [0.25, 0.3) is 0 Å². The van der Waals surface area contributed by atoms with Crippen molar-refractivity contribution < 1.29 is 9.90 Å². The largest absolute Gasteiger partial charge is 0.481 e. The van der Waals surface area contributed by atoms with Gasteiger partial charge in [0.15, 0.2) is 5.82 Å². The number of anilines is 1. The Morgan fingerprint density at radius 3 is 2.70 bits per heavy atom. The zero-order chi connectivity index (χ0) is 14.1. The minimum Gasteiger partial charge on any atom is -0.481 e. The Labute approximate surface area is 117 Å². The van der Waals surface area contributed by atoms with Gasteiger partial charge in [-0.05, 0) is 25.7 Å².